The molecule has 3 rings (SSSR count). The molecule has 0 spiro atoms. The Hall–Kier alpha value is -2.05. The molecule has 2 fully saturated rings. The normalized spacial score (nSPS) is 24.2. The molecule has 6 nitrogen and oxygen atoms in total. The molecule has 0 aromatic heterocycles. The summed E-state index contributed by atoms with van der Waals surface area (Å²) < 4.78 is 5.68. The average molecular weight is 415 g/mol. The molecule has 2 atom stereocenters. The molecule has 0 unspecified atom stereocenters. The minimum Gasteiger partial charge on any atom is -0.456 e. The quantitative estimate of drug-likeness (QED) is 0.321. The Kier molecular flexibility index (Phi) is 7.78. The first-order valence-corrected chi connectivity index (χ1v) is 11.2. The number of nitrogens with zero attached hydrogens (tertiary/aromatic N) is 1. The zero-order valence-corrected chi connectivity index (χ0v) is 18.2. The number of rotatable bonds is 7. The van der Waals surface area contributed by atoms with Crippen molar-refractivity contribution < 1.29 is 19.1 Å². The molecule has 163 valence electrons. The second-order valence-corrected chi connectivity index (χ2v) is 8.58. The van der Waals surface area contributed by atoms with E-state index < -0.39 is 17.6 Å². The number of likely N-dealkylation sites (N-methyl/N-ethyl adjacent to an activating group) is 1. The Bertz CT molecular complexity index is 743. The first-order valence-electron chi connectivity index (χ1n) is 11.2. The number of Topliss-reactive ketones (excluding diaryl/α,β-unsaturated/α-hetero) is 1. The van der Waals surface area contributed by atoms with Crippen molar-refractivity contribution in [2.45, 2.75) is 76.5 Å². The minimum absolute atomic E-state index is 0.100. The molecule has 1 heterocycles. The molecule has 1 aliphatic carbocycles. The summed E-state index contributed by atoms with van der Waals surface area (Å²) in [5.74, 6) is -1.09. The van der Waals surface area contributed by atoms with Crippen LogP contribution in [0.1, 0.15) is 63.9 Å². The second-order valence-electron chi connectivity index (χ2n) is 8.58. The van der Waals surface area contributed by atoms with Gasteiger partial charge in [0.1, 0.15) is 19.2 Å². The van der Waals surface area contributed by atoms with Crippen LogP contribution in [0.15, 0.2) is 30.3 Å². The average Bonchev–Trinajstić information content (AvgIpc) is 3.05. The van der Waals surface area contributed by atoms with E-state index in [1.165, 1.54) is 4.90 Å². The molecule has 1 saturated heterocycles. The van der Waals surface area contributed by atoms with Gasteiger partial charge >= 0.3 is 17.4 Å². The van der Waals surface area contributed by atoms with Gasteiger partial charge in [-0.2, -0.15) is 0 Å². The highest BCUT2D eigenvalue weighted by Crippen LogP contribution is 2.36. The molecule has 1 amide bonds. The van der Waals surface area contributed by atoms with Crippen LogP contribution in [0.5, 0.6) is 0 Å². The van der Waals surface area contributed by atoms with Crippen molar-refractivity contribution in [3.63, 3.8) is 0 Å². The van der Waals surface area contributed by atoms with Crippen LogP contribution in [0.4, 0.5) is 0 Å². The molecule has 1 radical (unpaired) electrons. The number of ether oxygens (including phenoxy) is 1. The topological polar surface area (TPSA) is 78.4 Å². The highest BCUT2D eigenvalue weighted by atomic mass is 16.5. The summed E-state index contributed by atoms with van der Waals surface area (Å²) in [7, 11) is 1.71. The smallest absolute Gasteiger partial charge is 0.382 e. The van der Waals surface area contributed by atoms with Gasteiger partial charge in [0.05, 0.1) is 0 Å². The number of esters is 1. The van der Waals surface area contributed by atoms with E-state index in [9.17, 15) is 14.4 Å². The summed E-state index contributed by atoms with van der Waals surface area (Å²) in [4.78, 5) is 42.0. The summed E-state index contributed by atoms with van der Waals surface area (Å²) in [6.07, 6.45) is 6.77. The van der Waals surface area contributed by atoms with Crippen molar-refractivity contribution in [2.75, 3.05) is 13.6 Å². The summed E-state index contributed by atoms with van der Waals surface area (Å²) >= 11 is 0. The van der Waals surface area contributed by atoms with Gasteiger partial charge in [-0.05, 0) is 32.4 Å². The fourth-order valence-corrected chi connectivity index (χ4v) is 4.77. The van der Waals surface area contributed by atoms with Gasteiger partial charge in [-0.1, -0.05) is 60.9 Å². The van der Waals surface area contributed by atoms with Crippen LogP contribution in [0, 0.1) is 5.92 Å². The summed E-state index contributed by atoms with van der Waals surface area (Å²) in [6, 6.07) is 8.97. The highest BCUT2D eigenvalue weighted by Gasteiger charge is 2.67. The molecule has 0 bridgehead atoms. The van der Waals surface area contributed by atoms with Gasteiger partial charge in [0.25, 0.3) is 0 Å². The number of ketones is 1. The number of hydrogen-bond donors (Lipinski definition) is 1. The molecule has 2 aliphatic rings. The lowest BCUT2D eigenvalue weighted by atomic mass is 9.80. The molecule has 1 aliphatic heterocycles. The van der Waals surface area contributed by atoms with E-state index in [0.717, 1.165) is 44.1 Å². The van der Waals surface area contributed by atoms with E-state index in [-0.39, 0.29) is 24.2 Å². The van der Waals surface area contributed by atoms with Crippen molar-refractivity contribution in [1.29, 1.82) is 0 Å². The largest absolute Gasteiger partial charge is 0.456 e. The maximum absolute atomic E-state index is 13.8. The summed E-state index contributed by atoms with van der Waals surface area (Å²) in [5.41, 5.74) is -0.631. The molecule has 30 heavy (non-hydrogen) atoms. The van der Waals surface area contributed by atoms with Crippen molar-refractivity contribution >= 4 is 17.7 Å². The van der Waals surface area contributed by atoms with Crippen LogP contribution < -0.4 is 10.2 Å². The molecule has 1 aromatic rings. The second kappa shape index (κ2) is 10.3. The molecular formula is C24H34N2O4+. The van der Waals surface area contributed by atoms with E-state index >= 15 is 0 Å². The van der Waals surface area contributed by atoms with Gasteiger partial charge in [0.15, 0.2) is 0 Å². The number of hydrogen-bond acceptors (Lipinski definition) is 5. The minimum atomic E-state index is -1.49. The molecule has 1 N–H and O–H groups in total. The van der Waals surface area contributed by atoms with Crippen molar-refractivity contribution in [3.8, 4) is 0 Å². The molecule has 1 aromatic carbocycles. The third kappa shape index (κ3) is 4.65. The molecule has 1 saturated carbocycles. The Morgan fingerprint density at radius 1 is 1.10 bits per heavy atom. The zero-order valence-electron chi connectivity index (χ0n) is 18.2. The van der Waals surface area contributed by atoms with E-state index in [1.807, 2.05) is 30.3 Å². The lowest BCUT2D eigenvalue weighted by Gasteiger charge is -2.29. The van der Waals surface area contributed by atoms with Crippen LogP contribution in [0.3, 0.4) is 0 Å². The predicted molar refractivity (Wildman–Crippen MR) is 115 cm³/mol. The SMILES string of the molecule is CN[C@@H](C)C(=O)[N+]1CCC[C@@]1(C(=O)OCc1ccccc1)C(=O)C1CCCCCC1. The standard InChI is InChI=1S/C24H34N2O4/c1-18(25-2)22(28)26-16-10-15-24(26,21(27)20-13-8-3-4-9-14-20)23(29)30-17-19-11-6-5-7-12-19/h5-7,11-12,18,20,25H,3-4,8-10,13-17H2,1-2H3/q+1/t18-,24-/m0/s1. The van der Waals surface area contributed by atoms with Gasteiger partial charge in [-0.15, -0.1) is 0 Å². The van der Waals surface area contributed by atoms with Crippen LogP contribution >= 0.6 is 0 Å². The predicted octanol–water partition coefficient (Wildman–Crippen LogP) is 3.08. The zero-order chi connectivity index (χ0) is 21.6. The van der Waals surface area contributed by atoms with E-state index in [0.29, 0.717) is 19.4 Å². The van der Waals surface area contributed by atoms with Gasteiger partial charge in [-0.3, -0.25) is 4.79 Å². The maximum atomic E-state index is 13.8. The van der Waals surface area contributed by atoms with Crippen LogP contribution in [-0.4, -0.2) is 42.8 Å². The lowest BCUT2D eigenvalue weighted by Crippen LogP contribution is -2.66. The number of carbonyl (C=O) groups excluding carboxylic acids is 3. The summed E-state index contributed by atoms with van der Waals surface area (Å²) in [6.45, 7) is 2.27. The Morgan fingerprint density at radius 2 is 1.77 bits per heavy atom. The molecule has 6 heteroatoms. The van der Waals surface area contributed by atoms with Crippen LogP contribution in [0.2, 0.25) is 0 Å². The number of amides is 1. The maximum Gasteiger partial charge on any atom is 0.382 e. The van der Waals surface area contributed by atoms with E-state index in [4.69, 9.17) is 4.74 Å². The van der Waals surface area contributed by atoms with Gasteiger partial charge in [-0.25, -0.2) is 9.59 Å². The van der Waals surface area contributed by atoms with Gasteiger partial charge < -0.3 is 10.1 Å². The lowest BCUT2D eigenvalue weighted by molar-refractivity contribution is -0.163. The van der Waals surface area contributed by atoms with Crippen molar-refractivity contribution in [3.05, 3.63) is 35.9 Å². The fourth-order valence-electron chi connectivity index (χ4n) is 4.77. The number of nitrogens with one attached hydrogen (secondary N) is 1. The molecular weight excluding hydrogens is 380 g/mol. The number of benzene rings is 1. The van der Waals surface area contributed by atoms with Crippen LogP contribution in [-0.2, 0) is 25.7 Å². The van der Waals surface area contributed by atoms with E-state index in [2.05, 4.69) is 5.32 Å². The van der Waals surface area contributed by atoms with Crippen molar-refractivity contribution in [2.24, 2.45) is 5.92 Å². The fraction of sp³-hybridized carbons (Fsp3) is 0.625. The van der Waals surface area contributed by atoms with Gasteiger partial charge in [0, 0.05) is 18.8 Å². The van der Waals surface area contributed by atoms with Gasteiger partial charge in [0.2, 0.25) is 5.78 Å². The van der Waals surface area contributed by atoms with Crippen molar-refractivity contribution in [1.82, 2.24) is 10.2 Å². The third-order valence-corrected chi connectivity index (χ3v) is 6.63. The Morgan fingerprint density at radius 3 is 2.40 bits per heavy atom. The monoisotopic (exact) mass is 414 g/mol. The first kappa shape index (κ1) is 22.6. The van der Waals surface area contributed by atoms with Crippen LogP contribution in [0.25, 0.3) is 0 Å². The Balaban J connectivity index is 1.89. The Labute approximate surface area is 179 Å². The first-order chi connectivity index (χ1) is 14.5. The highest BCUT2D eigenvalue weighted by molar-refractivity contribution is 6.13. The van der Waals surface area contributed by atoms with E-state index in [1.54, 1.807) is 14.0 Å². The number of likely N-dealkylation sites (tertiary alicyclic amines) is 1. The summed E-state index contributed by atoms with van der Waals surface area (Å²) in [5, 5.41) is 2.95. The number of carbonyl (C=O) groups is 3. The third-order valence-electron chi connectivity index (χ3n) is 6.63.